The summed E-state index contributed by atoms with van der Waals surface area (Å²) in [6.07, 6.45) is 5.45. The molecule has 1 aromatic rings. The fourth-order valence-corrected chi connectivity index (χ4v) is 1.95. The third-order valence-electron chi connectivity index (χ3n) is 2.86. The van der Waals surface area contributed by atoms with E-state index in [1.165, 1.54) is 19.3 Å². The first kappa shape index (κ1) is 10.9. The molecular weight excluding hydrogens is 200 g/mol. The van der Waals surface area contributed by atoms with Crippen LogP contribution in [0, 0.1) is 11.3 Å². The zero-order valence-corrected chi connectivity index (χ0v) is 9.24. The summed E-state index contributed by atoms with van der Waals surface area (Å²) >= 11 is 0. The van der Waals surface area contributed by atoms with Gasteiger partial charge in [-0.2, -0.15) is 5.26 Å². The van der Waals surface area contributed by atoms with Gasteiger partial charge in [-0.3, -0.25) is 0 Å². The van der Waals surface area contributed by atoms with Gasteiger partial charge < -0.3 is 10.6 Å². The SMILES string of the molecule is N#Cc1cccnc1NC[C@H]1CCCCN1. The highest BCUT2D eigenvalue weighted by molar-refractivity contribution is 5.51. The molecule has 1 aliphatic rings. The minimum Gasteiger partial charge on any atom is -0.367 e. The molecule has 1 saturated heterocycles. The van der Waals surface area contributed by atoms with E-state index in [-0.39, 0.29) is 0 Å². The second-order valence-corrected chi connectivity index (χ2v) is 4.04. The third-order valence-corrected chi connectivity index (χ3v) is 2.86. The molecule has 1 atom stereocenters. The summed E-state index contributed by atoms with van der Waals surface area (Å²) in [6, 6.07) is 6.20. The van der Waals surface area contributed by atoms with Gasteiger partial charge in [0.1, 0.15) is 11.9 Å². The number of hydrogen-bond donors (Lipinski definition) is 2. The number of nitrogens with zero attached hydrogens (tertiary/aromatic N) is 2. The van der Waals surface area contributed by atoms with Crippen LogP contribution in [0.25, 0.3) is 0 Å². The van der Waals surface area contributed by atoms with Crippen molar-refractivity contribution in [2.45, 2.75) is 25.3 Å². The Morgan fingerprint density at radius 1 is 1.56 bits per heavy atom. The number of piperidine rings is 1. The summed E-state index contributed by atoms with van der Waals surface area (Å²) in [6.45, 7) is 1.94. The fraction of sp³-hybridized carbons (Fsp3) is 0.500. The lowest BCUT2D eigenvalue weighted by Crippen LogP contribution is -2.39. The second kappa shape index (κ2) is 5.47. The van der Waals surface area contributed by atoms with E-state index in [9.17, 15) is 0 Å². The van der Waals surface area contributed by atoms with E-state index in [1.54, 1.807) is 18.3 Å². The van der Waals surface area contributed by atoms with Crippen LogP contribution >= 0.6 is 0 Å². The van der Waals surface area contributed by atoms with Crippen molar-refractivity contribution in [1.29, 1.82) is 5.26 Å². The number of aromatic nitrogens is 1. The van der Waals surface area contributed by atoms with Crippen molar-refractivity contribution in [2.75, 3.05) is 18.4 Å². The van der Waals surface area contributed by atoms with Crippen LogP contribution < -0.4 is 10.6 Å². The summed E-state index contributed by atoms with van der Waals surface area (Å²) in [4.78, 5) is 4.17. The highest BCUT2D eigenvalue weighted by atomic mass is 15.0. The van der Waals surface area contributed by atoms with Crippen LogP contribution in [0.1, 0.15) is 24.8 Å². The average molecular weight is 216 g/mol. The lowest BCUT2D eigenvalue weighted by molar-refractivity contribution is 0.414. The van der Waals surface area contributed by atoms with Crippen LogP contribution in [0.2, 0.25) is 0 Å². The van der Waals surface area contributed by atoms with E-state index >= 15 is 0 Å². The van der Waals surface area contributed by atoms with Gasteiger partial charge in [-0.1, -0.05) is 6.42 Å². The van der Waals surface area contributed by atoms with Gasteiger partial charge in [0.25, 0.3) is 0 Å². The molecule has 0 amide bonds. The molecule has 0 aromatic carbocycles. The number of pyridine rings is 1. The Bertz CT molecular complexity index is 377. The molecule has 0 bridgehead atoms. The van der Waals surface area contributed by atoms with Crippen molar-refractivity contribution < 1.29 is 0 Å². The zero-order chi connectivity index (χ0) is 11.2. The minimum atomic E-state index is 0.502. The Hall–Kier alpha value is -1.60. The highest BCUT2D eigenvalue weighted by Gasteiger charge is 2.12. The van der Waals surface area contributed by atoms with Crippen LogP contribution in [0.4, 0.5) is 5.82 Å². The molecule has 2 rings (SSSR count). The molecule has 4 heteroatoms. The van der Waals surface area contributed by atoms with Crippen molar-refractivity contribution in [1.82, 2.24) is 10.3 Å². The van der Waals surface area contributed by atoms with Crippen LogP contribution in [0.5, 0.6) is 0 Å². The summed E-state index contributed by atoms with van der Waals surface area (Å²) in [5, 5.41) is 15.6. The molecule has 2 N–H and O–H groups in total. The van der Waals surface area contributed by atoms with E-state index < -0.39 is 0 Å². The Morgan fingerprint density at radius 2 is 2.50 bits per heavy atom. The van der Waals surface area contributed by atoms with Gasteiger partial charge in [0, 0.05) is 18.8 Å². The van der Waals surface area contributed by atoms with Crippen molar-refractivity contribution in [3.05, 3.63) is 23.9 Å². The van der Waals surface area contributed by atoms with Crippen molar-refractivity contribution in [3.8, 4) is 6.07 Å². The molecule has 4 nitrogen and oxygen atoms in total. The van der Waals surface area contributed by atoms with E-state index in [4.69, 9.17) is 5.26 Å². The zero-order valence-electron chi connectivity index (χ0n) is 9.24. The standard InChI is InChI=1S/C12H16N4/c13-8-10-4-3-7-15-12(10)16-9-11-5-1-2-6-14-11/h3-4,7,11,14H,1-2,5-6,9H2,(H,15,16)/t11-/m1/s1. The van der Waals surface area contributed by atoms with Crippen LogP contribution in [-0.4, -0.2) is 24.1 Å². The quantitative estimate of drug-likeness (QED) is 0.804. The lowest BCUT2D eigenvalue weighted by Gasteiger charge is -2.23. The Kier molecular flexibility index (Phi) is 3.73. The third kappa shape index (κ3) is 2.71. The maximum atomic E-state index is 8.91. The number of rotatable bonds is 3. The molecule has 0 saturated carbocycles. The predicted octanol–water partition coefficient (Wildman–Crippen LogP) is 1.51. The largest absolute Gasteiger partial charge is 0.367 e. The van der Waals surface area contributed by atoms with Crippen LogP contribution in [0.3, 0.4) is 0 Å². The van der Waals surface area contributed by atoms with Gasteiger partial charge in [-0.05, 0) is 31.5 Å². The maximum Gasteiger partial charge on any atom is 0.143 e. The van der Waals surface area contributed by atoms with E-state index in [1.807, 2.05) is 0 Å². The number of hydrogen-bond acceptors (Lipinski definition) is 4. The van der Waals surface area contributed by atoms with Gasteiger partial charge in [0.2, 0.25) is 0 Å². The smallest absolute Gasteiger partial charge is 0.143 e. The topological polar surface area (TPSA) is 60.7 Å². The first-order valence-corrected chi connectivity index (χ1v) is 5.72. The molecular formula is C12H16N4. The van der Waals surface area contributed by atoms with Gasteiger partial charge in [0.05, 0.1) is 5.56 Å². The summed E-state index contributed by atoms with van der Waals surface area (Å²) in [5.41, 5.74) is 0.610. The number of anilines is 1. The van der Waals surface area contributed by atoms with Gasteiger partial charge in [-0.25, -0.2) is 4.98 Å². The first-order chi connectivity index (χ1) is 7.90. The van der Waals surface area contributed by atoms with Crippen molar-refractivity contribution in [2.24, 2.45) is 0 Å². The summed E-state index contributed by atoms with van der Waals surface area (Å²) in [7, 11) is 0. The van der Waals surface area contributed by atoms with Crippen molar-refractivity contribution in [3.63, 3.8) is 0 Å². The second-order valence-electron chi connectivity index (χ2n) is 4.04. The normalized spacial score (nSPS) is 20.1. The molecule has 1 aromatic heterocycles. The van der Waals surface area contributed by atoms with Crippen molar-refractivity contribution >= 4 is 5.82 Å². The van der Waals surface area contributed by atoms with Gasteiger partial charge in [0.15, 0.2) is 0 Å². The monoisotopic (exact) mass is 216 g/mol. The molecule has 1 aliphatic heterocycles. The van der Waals surface area contributed by atoms with E-state index in [0.29, 0.717) is 17.4 Å². The van der Waals surface area contributed by atoms with Gasteiger partial charge >= 0.3 is 0 Å². The molecule has 0 unspecified atom stereocenters. The molecule has 0 radical (unpaired) electrons. The fourth-order valence-electron chi connectivity index (χ4n) is 1.95. The van der Waals surface area contributed by atoms with E-state index in [2.05, 4.69) is 21.7 Å². The molecule has 1 fully saturated rings. The van der Waals surface area contributed by atoms with E-state index in [0.717, 1.165) is 13.1 Å². The average Bonchev–Trinajstić information content (AvgIpc) is 2.38. The number of nitriles is 1. The first-order valence-electron chi connectivity index (χ1n) is 5.72. The summed E-state index contributed by atoms with van der Waals surface area (Å²) in [5.74, 6) is 0.692. The van der Waals surface area contributed by atoms with Crippen LogP contribution in [-0.2, 0) is 0 Å². The predicted molar refractivity (Wildman–Crippen MR) is 63.1 cm³/mol. The molecule has 0 spiro atoms. The Morgan fingerprint density at radius 3 is 3.25 bits per heavy atom. The summed E-state index contributed by atoms with van der Waals surface area (Å²) < 4.78 is 0. The molecule has 16 heavy (non-hydrogen) atoms. The molecule has 2 heterocycles. The Labute approximate surface area is 95.7 Å². The highest BCUT2D eigenvalue weighted by Crippen LogP contribution is 2.11. The van der Waals surface area contributed by atoms with Crippen LogP contribution in [0.15, 0.2) is 18.3 Å². The maximum absolute atomic E-state index is 8.91. The van der Waals surface area contributed by atoms with Gasteiger partial charge in [-0.15, -0.1) is 0 Å². The Balaban J connectivity index is 1.91. The lowest BCUT2D eigenvalue weighted by atomic mass is 10.1. The molecule has 0 aliphatic carbocycles. The minimum absolute atomic E-state index is 0.502. The number of nitrogens with one attached hydrogen (secondary N) is 2. The molecule has 84 valence electrons.